The van der Waals surface area contributed by atoms with Crippen molar-refractivity contribution in [1.29, 1.82) is 0 Å². The van der Waals surface area contributed by atoms with Crippen LogP contribution < -0.4 is 19.7 Å². The molecule has 33 heavy (non-hydrogen) atoms. The second-order valence-corrected chi connectivity index (χ2v) is 7.76. The van der Waals surface area contributed by atoms with Crippen molar-refractivity contribution in [2.45, 2.75) is 13.0 Å². The lowest BCUT2D eigenvalue weighted by Crippen LogP contribution is -2.49. The summed E-state index contributed by atoms with van der Waals surface area (Å²) in [5.41, 5.74) is 2.88. The third-order valence-electron chi connectivity index (χ3n) is 5.62. The highest BCUT2D eigenvalue weighted by atomic mass is 16.5. The minimum absolute atomic E-state index is 0.0246. The highest BCUT2D eigenvalue weighted by Crippen LogP contribution is 2.29. The number of anilines is 2. The molecule has 0 unspecified atom stereocenters. The zero-order valence-electron chi connectivity index (χ0n) is 18.8. The molecule has 3 aromatic carbocycles. The third-order valence-corrected chi connectivity index (χ3v) is 5.62. The average molecular weight is 446 g/mol. The topological polar surface area (TPSA) is 71.1 Å². The van der Waals surface area contributed by atoms with Crippen molar-refractivity contribution in [3.8, 4) is 11.5 Å². The van der Waals surface area contributed by atoms with Gasteiger partial charge in [-0.15, -0.1) is 0 Å². The van der Waals surface area contributed by atoms with Crippen molar-refractivity contribution in [2.75, 3.05) is 37.5 Å². The van der Waals surface area contributed by atoms with Gasteiger partial charge in [-0.05, 0) is 48.4 Å². The molecule has 1 aliphatic heterocycles. The van der Waals surface area contributed by atoms with Crippen LogP contribution in [0.2, 0.25) is 0 Å². The molecule has 0 saturated carbocycles. The van der Waals surface area contributed by atoms with Crippen LogP contribution in [0.3, 0.4) is 0 Å². The molecule has 1 saturated heterocycles. The monoisotopic (exact) mass is 445 g/mol. The maximum atomic E-state index is 13.1. The predicted molar refractivity (Wildman–Crippen MR) is 128 cm³/mol. The number of hydrogen-bond donors (Lipinski definition) is 1. The van der Waals surface area contributed by atoms with Gasteiger partial charge in [-0.2, -0.15) is 0 Å². The quantitative estimate of drug-likeness (QED) is 0.568. The average Bonchev–Trinajstić information content (AvgIpc) is 2.86. The van der Waals surface area contributed by atoms with E-state index in [0.717, 1.165) is 24.2 Å². The van der Waals surface area contributed by atoms with E-state index in [4.69, 9.17) is 9.47 Å². The third kappa shape index (κ3) is 5.09. The molecule has 4 rings (SSSR count). The van der Waals surface area contributed by atoms with Gasteiger partial charge in [-0.1, -0.05) is 30.3 Å². The molecule has 3 aromatic rings. The van der Waals surface area contributed by atoms with Gasteiger partial charge in [-0.3, -0.25) is 9.69 Å². The first-order valence-electron chi connectivity index (χ1n) is 10.8. The van der Waals surface area contributed by atoms with E-state index in [1.165, 1.54) is 0 Å². The molecule has 3 amide bonds. The van der Waals surface area contributed by atoms with Gasteiger partial charge in [0, 0.05) is 37.0 Å². The predicted octanol–water partition coefficient (Wildman–Crippen LogP) is 4.79. The summed E-state index contributed by atoms with van der Waals surface area (Å²) in [7, 11) is 3.11. The van der Waals surface area contributed by atoms with E-state index in [1.807, 2.05) is 47.4 Å². The molecule has 7 heteroatoms. The number of carbonyl (C=O) groups excluding carboxylic acids is 2. The molecule has 1 fully saturated rings. The first-order chi connectivity index (χ1) is 16.1. The minimum Gasteiger partial charge on any atom is -0.497 e. The first kappa shape index (κ1) is 22.2. The van der Waals surface area contributed by atoms with Gasteiger partial charge in [-0.25, -0.2) is 4.79 Å². The van der Waals surface area contributed by atoms with Crippen LogP contribution in [0.4, 0.5) is 16.2 Å². The van der Waals surface area contributed by atoms with Crippen molar-refractivity contribution in [1.82, 2.24) is 4.90 Å². The van der Waals surface area contributed by atoms with Gasteiger partial charge in [0.2, 0.25) is 0 Å². The number of urea groups is 1. The van der Waals surface area contributed by atoms with Crippen molar-refractivity contribution in [3.63, 3.8) is 0 Å². The Balaban J connectivity index is 1.45. The molecule has 1 N–H and O–H groups in total. The summed E-state index contributed by atoms with van der Waals surface area (Å²) in [6.45, 7) is 1.96. The number of amides is 3. The summed E-state index contributed by atoms with van der Waals surface area (Å²) < 4.78 is 10.6. The van der Waals surface area contributed by atoms with Crippen molar-refractivity contribution in [2.24, 2.45) is 0 Å². The SMILES string of the molecule is COc1ccc(OC)c(NC(=O)c2ccc(N3CCCN(Cc4ccccc4)C3=O)cc2)c1. The second kappa shape index (κ2) is 10.1. The van der Waals surface area contributed by atoms with Crippen molar-refractivity contribution >= 4 is 23.3 Å². The summed E-state index contributed by atoms with van der Waals surface area (Å²) in [5, 5.41) is 2.86. The summed E-state index contributed by atoms with van der Waals surface area (Å²) in [4.78, 5) is 29.5. The van der Waals surface area contributed by atoms with Crippen LogP contribution in [0, 0.1) is 0 Å². The van der Waals surface area contributed by atoms with Crippen LogP contribution in [0.1, 0.15) is 22.3 Å². The molecule has 1 aliphatic rings. The van der Waals surface area contributed by atoms with E-state index in [9.17, 15) is 9.59 Å². The lowest BCUT2D eigenvalue weighted by Gasteiger charge is -2.35. The van der Waals surface area contributed by atoms with Crippen LogP contribution >= 0.6 is 0 Å². The smallest absolute Gasteiger partial charge is 0.324 e. The number of nitrogens with one attached hydrogen (secondary N) is 1. The van der Waals surface area contributed by atoms with E-state index in [0.29, 0.717) is 35.8 Å². The number of carbonyl (C=O) groups is 2. The van der Waals surface area contributed by atoms with Crippen molar-refractivity contribution < 1.29 is 19.1 Å². The zero-order valence-corrected chi connectivity index (χ0v) is 18.8. The fraction of sp³-hybridized carbons (Fsp3) is 0.231. The lowest BCUT2D eigenvalue weighted by molar-refractivity contribution is 0.102. The maximum Gasteiger partial charge on any atom is 0.324 e. The fourth-order valence-corrected chi connectivity index (χ4v) is 3.87. The van der Waals surface area contributed by atoms with Gasteiger partial charge >= 0.3 is 6.03 Å². The molecule has 0 aliphatic carbocycles. The maximum absolute atomic E-state index is 13.1. The van der Waals surface area contributed by atoms with Crippen LogP contribution in [0.15, 0.2) is 72.8 Å². The number of hydrogen-bond acceptors (Lipinski definition) is 4. The van der Waals surface area contributed by atoms with Gasteiger partial charge < -0.3 is 19.7 Å². The van der Waals surface area contributed by atoms with Crippen LogP contribution in [-0.2, 0) is 6.54 Å². The van der Waals surface area contributed by atoms with E-state index in [1.54, 1.807) is 49.5 Å². The van der Waals surface area contributed by atoms with Gasteiger partial charge in [0.15, 0.2) is 0 Å². The molecule has 0 bridgehead atoms. The van der Waals surface area contributed by atoms with Crippen molar-refractivity contribution in [3.05, 3.63) is 83.9 Å². The number of ether oxygens (including phenoxy) is 2. The normalized spacial score (nSPS) is 13.6. The first-order valence-corrected chi connectivity index (χ1v) is 10.8. The van der Waals surface area contributed by atoms with Gasteiger partial charge in [0.05, 0.1) is 19.9 Å². The van der Waals surface area contributed by atoms with E-state index in [2.05, 4.69) is 5.32 Å². The van der Waals surface area contributed by atoms with E-state index in [-0.39, 0.29) is 11.9 Å². The summed E-state index contributed by atoms with van der Waals surface area (Å²) in [5.74, 6) is 0.882. The largest absolute Gasteiger partial charge is 0.497 e. The molecule has 0 radical (unpaired) electrons. The molecule has 0 spiro atoms. The Morgan fingerprint density at radius 2 is 1.70 bits per heavy atom. The molecular weight excluding hydrogens is 418 g/mol. The van der Waals surface area contributed by atoms with Crippen LogP contribution in [0.25, 0.3) is 0 Å². The lowest BCUT2D eigenvalue weighted by atomic mass is 10.1. The van der Waals surface area contributed by atoms with E-state index < -0.39 is 0 Å². The number of rotatable bonds is 7. The Kier molecular flexibility index (Phi) is 6.78. The molecule has 1 heterocycles. The summed E-state index contributed by atoms with van der Waals surface area (Å²) in [6, 6.07) is 22.2. The molecule has 0 atom stereocenters. The summed E-state index contributed by atoms with van der Waals surface area (Å²) >= 11 is 0. The molecule has 170 valence electrons. The summed E-state index contributed by atoms with van der Waals surface area (Å²) in [6.07, 6.45) is 0.885. The fourth-order valence-electron chi connectivity index (χ4n) is 3.87. The Hall–Kier alpha value is -4.00. The standard InChI is InChI=1S/C26H27N3O4/c1-32-22-13-14-24(33-2)23(17-22)27-25(30)20-9-11-21(12-10-20)29-16-6-15-28(26(29)31)18-19-7-4-3-5-8-19/h3-5,7-14,17H,6,15-16,18H2,1-2H3,(H,27,30). The molecular formula is C26H27N3O4. The second-order valence-electron chi connectivity index (χ2n) is 7.76. The minimum atomic E-state index is -0.274. The highest BCUT2D eigenvalue weighted by Gasteiger charge is 2.27. The molecule has 0 aromatic heterocycles. The number of nitrogens with zero attached hydrogens (tertiary/aromatic N) is 2. The molecule has 7 nitrogen and oxygen atoms in total. The van der Waals surface area contributed by atoms with Gasteiger partial charge in [0.25, 0.3) is 5.91 Å². The highest BCUT2D eigenvalue weighted by molar-refractivity contribution is 6.05. The van der Waals surface area contributed by atoms with E-state index >= 15 is 0 Å². The Morgan fingerprint density at radius 3 is 2.39 bits per heavy atom. The van der Waals surface area contributed by atoms with Crippen LogP contribution in [-0.4, -0.2) is 44.1 Å². The Bertz CT molecular complexity index is 1120. The zero-order chi connectivity index (χ0) is 23.2. The Morgan fingerprint density at radius 1 is 0.939 bits per heavy atom. The van der Waals surface area contributed by atoms with Gasteiger partial charge in [0.1, 0.15) is 11.5 Å². The number of benzene rings is 3. The number of methoxy groups -OCH3 is 2. The Labute approximate surface area is 193 Å². The van der Waals surface area contributed by atoms with Crippen LogP contribution in [0.5, 0.6) is 11.5 Å².